The van der Waals surface area contributed by atoms with Gasteiger partial charge in [0.15, 0.2) is 11.5 Å². The van der Waals surface area contributed by atoms with Gasteiger partial charge in [0.1, 0.15) is 6.54 Å². The van der Waals surface area contributed by atoms with Crippen LogP contribution in [0, 0.1) is 6.92 Å². The second-order valence-corrected chi connectivity index (χ2v) is 6.27. The summed E-state index contributed by atoms with van der Waals surface area (Å²) < 4.78 is 15.9. The predicted molar refractivity (Wildman–Crippen MR) is 104 cm³/mol. The summed E-state index contributed by atoms with van der Waals surface area (Å²) >= 11 is 0. The molecule has 0 spiro atoms. The predicted octanol–water partition coefficient (Wildman–Crippen LogP) is 3.72. The highest BCUT2D eigenvalue weighted by molar-refractivity contribution is 5.94. The van der Waals surface area contributed by atoms with Gasteiger partial charge in [-0.1, -0.05) is 22.9 Å². The van der Waals surface area contributed by atoms with Crippen LogP contribution in [0.25, 0.3) is 11.4 Å². The first-order valence-corrected chi connectivity index (χ1v) is 8.96. The minimum absolute atomic E-state index is 0.0756. The number of carbonyl (C=O) groups is 1. The number of methoxy groups -OCH3 is 2. The lowest BCUT2D eigenvalue weighted by Crippen LogP contribution is -2.30. The van der Waals surface area contributed by atoms with Gasteiger partial charge in [-0.25, -0.2) is 0 Å². The molecule has 3 aromatic rings. The zero-order valence-corrected chi connectivity index (χ0v) is 16.4. The quantitative estimate of drug-likeness (QED) is 0.621. The number of nitrogens with zero attached hydrogens (tertiary/aromatic N) is 3. The van der Waals surface area contributed by atoms with Gasteiger partial charge in [0.2, 0.25) is 11.7 Å². The van der Waals surface area contributed by atoms with E-state index in [-0.39, 0.29) is 12.5 Å². The molecule has 0 aliphatic carbocycles. The summed E-state index contributed by atoms with van der Waals surface area (Å²) in [6.07, 6.45) is 0. The molecule has 7 heteroatoms. The monoisotopic (exact) mass is 381 g/mol. The maximum atomic E-state index is 12.7. The highest BCUT2D eigenvalue weighted by atomic mass is 16.5. The maximum absolute atomic E-state index is 12.7. The topological polar surface area (TPSA) is 77.7 Å². The number of aromatic nitrogens is 2. The Labute approximate surface area is 163 Å². The molecule has 1 amide bonds. The van der Waals surface area contributed by atoms with Crippen molar-refractivity contribution in [2.45, 2.75) is 20.4 Å². The van der Waals surface area contributed by atoms with E-state index in [4.69, 9.17) is 14.0 Å². The van der Waals surface area contributed by atoms with Crippen LogP contribution < -0.4 is 9.47 Å². The van der Waals surface area contributed by atoms with Crippen LogP contribution in [0.2, 0.25) is 0 Å². The first kappa shape index (κ1) is 19.4. The number of aryl methyl sites for hydroxylation is 1. The van der Waals surface area contributed by atoms with Crippen LogP contribution in [0.15, 0.2) is 47.0 Å². The molecule has 0 fully saturated rings. The summed E-state index contributed by atoms with van der Waals surface area (Å²) in [6.45, 7) is 4.67. The summed E-state index contributed by atoms with van der Waals surface area (Å²) in [4.78, 5) is 18.8. The molecule has 0 N–H and O–H groups in total. The van der Waals surface area contributed by atoms with Crippen LogP contribution in [0.1, 0.15) is 28.7 Å². The Morgan fingerprint density at radius 1 is 1.07 bits per heavy atom. The van der Waals surface area contributed by atoms with Crippen molar-refractivity contribution in [1.82, 2.24) is 15.0 Å². The molecule has 3 rings (SSSR count). The lowest BCUT2D eigenvalue weighted by atomic mass is 10.1. The molecule has 146 valence electrons. The van der Waals surface area contributed by atoms with Crippen LogP contribution in [-0.4, -0.2) is 41.7 Å². The molecule has 0 atom stereocenters. The molecule has 7 nitrogen and oxygen atoms in total. The SMILES string of the molecule is CCN(Cc1nc(-c2ccc(OC)c(OC)c2)no1)C(=O)c1ccc(C)cc1. The van der Waals surface area contributed by atoms with E-state index in [1.54, 1.807) is 31.3 Å². The molecule has 1 aromatic heterocycles. The van der Waals surface area contributed by atoms with Crippen LogP contribution in [0.5, 0.6) is 11.5 Å². The first-order chi connectivity index (χ1) is 13.5. The average molecular weight is 381 g/mol. The zero-order valence-electron chi connectivity index (χ0n) is 16.4. The van der Waals surface area contributed by atoms with E-state index >= 15 is 0 Å². The summed E-state index contributed by atoms with van der Waals surface area (Å²) in [5, 5.41) is 4.03. The highest BCUT2D eigenvalue weighted by Gasteiger charge is 2.19. The largest absolute Gasteiger partial charge is 0.493 e. The summed E-state index contributed by atoms with van der Waals surface area (Å²) in [6, 6.07) is 12.9. The van der Waals surface area contributed by atoms with Crippen molar-refractivity contribution >= 4 is 5.91 Å². The molecule has 1 heterocycles. The van der Waals surface area contributed by atoms with E-state index in [9.17, 15) is 4.79 Å². The molecule has 0 saturated carbocycles. The van der Waals surface area contributed by atoms with Crippen molar-refractivity contribution in [3.63, 3.8) is 0 Å². The van der Waals surface area contributed by atoms with Crippen LogP contribution in [0.3, 0.4) is 0 Å². The van der Waals surface area contributed by atoms with E-state index in [1.807, 2.05) is 44.2 Å². The minimum atomic E-state index is -0.0756. The van der Waals surface area contributed by atoms with Gasteiger partial charge in [0.25, 0.3) is 5.91 Å². The number of ether oxygens (including phenoxy) is 2. The lowest BCUT2D eigenvalue weighted by molar-refractivity contribution is 0.0734. The number of hydrogen-bond donors (Lipinski definition) is 0. The third-order valence-electron chi connectivity index (χ3n) is 4.40. The van der Waals surface area contributed by atoms with Gasteiger partial charge in [-0.2, -0.15) is 4.98 Å². The van der Waals surface area contributed by atoms with Gasteiger partial charge >= 0.3 is 0 Å². The summed E-state index contributed by atoms with van der Waals surface area (Å²) in [5.74, 6) is 1.92. The molecular formula is C21H23N3O4. The van der Waals surface area contributed by atoms with Crippen molar-refractivity contribution in [3.8, 4) is 22.9 Å². The molecule has 0 radical (unpaired) electrons. The Balaban J connectivity index is 1.77. The molecule has 0 aliphatic rings. The van der Waals surface area contributed by atoms with Crippen molar-refractivity contribution in [2.24, 2.45) is 0 Å². The Bertz CT molecular complexity index is 951. The van der Waals surface area contributed by atoms with Gasteiger partial charge < -0.3 is 18.9 Å². The second kappa shape index (κ2) is 8.56. The number of amides is 1. The van der Waals surface area contributed by atoms with Gasteiger partial charge in [-0.15, -0.1) is 0 Å². The van der Waals surface area contributed by atoms with Crippen molar-refractivity contribution in [3.05, 3.63) is 59.5 Å². The first-order valence-electron chi connectivity index (χ1n) is 8.96. The Hall–Kier alpha value is -3.35. The highest BCUT2D eigenvalue weighted by Crippen LogP contribution is 2.31. The van der Waals surface area contributed by atoms with Crippen molar-refractivity contribution in [2.75, 3.05) is 20.8 Å². The molecule has 0 saturated heterocycles. The Morgan fingerprint density at radius 3 is 2.43 bits per heavy atom. The standard InChI is InChI=1S/C21H23N3O4/c1-5-24(21(25)15-8-6-14(2)7-9-15)13-19-22-20(23-28-19)16-10-11-17(26-3)18(12-16)27-4/h6-12H,5,13H2,1-4H3. The zero-order chi connectivity index (χ0) is 20.1. The fourth-order valence-electron chi connectivity index (χ4n) is 2.78. The smallest absolute Gasteiger partial charge is 0.254 e. The van der Waals surface area contributed by atoms with Crippen LogP contribution >= 0.6 is 0 Å². The number of hydrogen-bond acceptors (Lipinski definition) is 6. The Morgan fingerprint density at radius 2 is 1.79 bits per heavy atom. The van der Waals surface area contributed by atoms with Gasteiger partial charge in [0.05, 0.1) is 14.2 Å². The maximum Gasteiger partial charge on any atom is 0.254 e. The number of carbonyl (C=O) groups excluding carboxylic acids is 1. The van der Waals surface area contributed by atoms with Crippen LogP contribution in [0.4, 0.5) is 0 Å². The van der Waals surface area contributed by atoms with Crippen molar-refractivity contribution < 1.29 is 18.8 Å². The third-order valence-corrected chi connectivity index (χ3v) is 4.40. The van der Waals surface area contributed by atoms with E-state index in [0.29, 0.717) is 35.3 Å². The normalized spacial score (nSPS) is 10.6. The summed E-state index contributed by atoms with van der Waals surface area (Å²) in [5.41, 5.74) is 2.48. The number of rotatable bonds is 7. The third kappa shape index (κ3) is 4.14. The molecule has 0 aliphatic heterocycles. The minimum Gasteiger partial charge on any atom is -0.493 e. The molecule has 0 unspecified atom stereocenters. The average Bonchev–Trinajstić information content (AvgIpc) is 3.20. The Kier molecular flexibility index (Phi) is 5.93. The summed E-state index contributed by atoms with van der Waals surface area (Å²) in [7, 11) is 3.15. The fourth-order valence-corrected chi connectivity index (χ4v) is 2.78. The van der Waals surface area contributed by atoms with Gasteiger partial charge in [-0.3, -0.25) is 4.79 Å². The van der Waals surface area contributed by atoms with E-state index in [0.717, 1.165) is 11.1 Å². The number of benzene rings is 2. The van der Waals surface area contributed by atoms with Crippen molar-refractivity contribution in [1.29, 1.82) is 0 Å². The van der Waals surface area contributed by atoms with E-state index in [1.165, 1.54) is 0 Å². The van der Waals surface area contributed by atoms with Gasteiger partial charge in [0, 0.05) is 17.7 Å². The lowest BCUT2D eigenvalue weighted by Gasteiger charge is -2.18. The second-order valence-electron chi connectivity index (χ2n) is 6.27. The molecule has 2 aromatic carbocycles. The fraction of sp³-hybridized carbons (Fsp3) is 0.286. The van der Waals surface area contributed by atoms with E-state index < -0.39 is 0 Å². The van der Waals surface area contributed by atoms with E-state index in [2.05, 4.69) is 10.1 Å². The molecular weight excluding hydrogens is 358 g/mol. The molecule has 0 bridgehead atoms. The van der Waals surface area contributed by atoms with Gasteiger partial charge in [-0.05, 0) is 44.2 Å². The van der Waals surface area contributed by atoms with Crippen LogP contribution in [-0.2, 0) is 6.54 Å². The molecule has 28 heavy (non-hydrogen) atoms.